The minimum Gasteiger partial charge on any atom is -0.472 e. The van der Waals surface area contributed by atoms with Gasteiger partial charge in [0, 0.05) is 0 Å². The van der Waals surface area contributed by atoms with Crippen molar-refractivity contribution >= 4 is 17.7 Å². The molecule has 1 aliphatic heterocycles. The van der Waals surface area contributed by atoms with Gasteiger partial charge in [-0.3, -0.25) is 4.79 Å². The molecule has 2 heterocycles. The Kier molecular flexibility index (Phi) is 5.09. The van der Waals surface area contributed by atoms with Crippen LogP contribution in [0.4, 0.5) is 0 Å². The highest BCUT2D eigenvalue weighted by Crippen LogP contribution is 2.65. The zero-order valence-electron chi connectivity index (χ0n) is 19.7. The maximum atomic E-state index is 13.3. The Morgan fingerprint density at radius 1 is 1.00 bits per heavy atom. The average Bonchev–Trinajstić information content (AvgIpc) is 3.41. The van der Waals surface area contributed by atoms with Crippen molar-refractivity contribution in [2.45, 2.75) is 63.9 Å². The van der Waals surface area contributed by atoms with Crippen LogP contribution >= 0.6 is 0 Å². The fourth-order valence-corrected chi connectivity index (χ4v) is 6.05. The lowest BCUT2D eigenvalue weighted by Crippen LogP contribution is -2.67. The Morgan fingerprint density at radius 2 is 1.71 bits per heavy atom. The van der Waals surface area contributed by atoms with Gasteiger partial charge in [0.05, 0.1) is 28.4 Å². The van der Waals surface area contributed by atoms with E-state index >= 15 is 0 Å². The topological polar surface area (TPSA) is 92.0 Å². The first-order valence-corrected chi connectivity index (χ1v) is 11.5. The molecule has 5 atom stereocenters. The summed E-state index contributed by atoms with van der Waals surface area (Å²) in [6.07, 6.45) is 3.38. The van der Waals surface area contributed by atoms with E-state index in [1.165, 1.54) is 24.7 Å². The molecule has 0 unspecified atom stereocenters. The van der Waals surface area contributed by atoms with Gasteiger partial charge in [0.1, 0.15) is 18.0 Å². The van der Waals surface area contributed by atoms with Gasteiger partial charge in [-0.05, 0) is 76.3 Å². The summed E-state index contributed by atoms with van der Waals surface area (Å²) in [5.41, 5.74) is -1.18. The summed E-state index contributed by atoms with van der Waals surface area (Å²) in [6.45, 7) is 7.74. The number of carbonyl (C=O) groups is 3. The highest BCUT2D eigenvalue weighted by molar-refractivity contribution is 6.00. The zero-order chi connectivity index (χ0) is 24.3. The minimum atomic E-state index is -1.19. The molecule has 178 valence electrons. The van der Waals surface area contributed by atoms with E-state index in [-0.39, 0.29) is 17.3 Å². The van der Waals surface area contributed by atoms with Gasteiger partial charge < -0.3 is 18.6 Å². The zero-order valence-corrected chi connectivity index (χ0v) is 19.7. The molecule has 3 aliphatic rings. The molecule has 1 spiro atoms. The third-order valence-electron chi connectivity index (χ3n) is 8.03. The van der Waals surface area contributed by atoms with E-state index in [9.17, 15) is 14.4 Å². The fraction of sp³-hybridized carbons (Fsp3) is 0.444. The monoisotopic (exact) mass is 464 g/mol. The number of hydrogen-bond acceptors (Lipinski definition) is 7. The molecule has 2 bridgehead atoms. The second-order valence-corrected chi connectivity index (χ2v) is 10.2. The van der Waals surface area contributed by atoms with Crippen LogP contribution in [-0.4, -0.2) is 41.1 Å². The van der Waals surface area contributed by atoms with E-state index in [1.807, 2.05) is 33.8 Å². The Morgan fingerprint density at radius 3 is 2.38 bits per heavy atom. The van der Waals surface area contributed by atoms with Crippen LogP contribution in [0.5, 0.6) is 0 Å². The molecule has 2 aromatic rings. The van der Waals surface area contributed by atoms with E-state index in [2.05, 4.69) is 0 Å². The van der Waals surface area contributed by atoms with Gasteiger partial charge in [-0.15, -0.1) is 0 Å². The summed E-state index contributed by atoms with van der Waals surface area (Å²) in [7, 11) is 0. The summed E-state index contributed by atoms with van der Waals surface area (Å²) in [5.74, 6) is -1.42. The molecular weight excluding hydrogens is 436 g/mol. The van der Waals surface area contributed by atoms with E-state index < -0.39 is 40.8 Å². The smallest absolute Gasteiger partial charge is 0.342 e. The molecule has 7 heteroatoms. The van der Waals surface area contributed by atoms with Gasteiger partial charge in [-0.2, -0.15) is 0 Å². The summed E-state index contributed by atoms with van der Waals surface area (Å²) >= 11 is 0. The lowest BCUT2D eigenvalue weighted by molar-refractivity contribution is -0.201. The Hall–Kier alpha value is -3.19. The second kappa shape index (κ2) is 7.67. The SMILES string of the molecule is CC1=CC(=O)[C@H](OC(=O)c2ccoc2)[C@@]2(C)[C@@H](OC(=O)c3ccccc3)C[C@@H]3C[C@]12OC3(C)C. The van der Waals surface area contributed by atoms with Gasteiger partial charge in [-0.25, -0.2) is 9.59 Å². The van der Waals surface area contributed by atoms with Crippen LogP contribution in [-0.2, 0) is 19.0 Å². The summed E-state index contributed by atoms with van der Waals surface area (Å²) < 4.78 is 23.7. The first-order valence-electron chi connectivity index (χ1n) is 11.5. The normalized spacial score (nSPS) is 33.6. The van der Waals surface area contributed by atoms with Gasteiger partial charge in [-0.1, -0.05) is 18.2 Å². The number of benzene rings is 1. The lowest BCUT2D eigenvalue weighted by atomic mass is 9.52. The Bertz CT molecular complexity index is 1160. The van der Waals surface area contributed by atoms with E-state index in [1.54, 1.807) is 24.3 Å². The summed E-state index contributed by atoms with van der Waals surface area (Å²) in [4.78, 5) is 39.3. The number of rotatable bonds is 4. The van der Waals surface area contributed by atoms with Crippen LogP contribution in [0, 0.1) is 11.3 Å². The fourth-order valence-electron chi connectivity index (χ4n) is 6.05. The molecule has 1 saturated heterocycles. The van der Waals surface area contributed by atoms with Crippen molar-refractivity contribution in [3.05, 3.63) is 71.7 Å². The number of fused-ring (bicyclic) bond motifs is 1. The van der Waals surface area contributed by atoms with Crippen molar-refractivity contribution in [1.29, 1.82) is 0 Å². The van der Waals surface area contributed by atoms with E-state index in [0.717, 1.165) is 5.57 Å². The molecule has 0 N–H and O–H groups in total. The minimum absolute atomic E-state index is 0.0934. The highest BCUT2D eigenvalue weighted by atomic mass is 16.6. The Labute approximate surface area is 198 Å². The molecule has 7 nitrogen and oxygen atoms in total. The second-order valence-electron chi connectivity index (χ2n) is 10.2. The first-order chi connectivity index (χ1) is 16.1. The van der Waals surface area contributed by atoms with Gasteiger partial charge in [0.2, 0.25) is 0 Å². The van der Waals surface area contributed by atoms with Crippen molar-refractivity contribution in [2.24, 2.45) is 11.3 Å². The van der Waals surface area contributed by atoms with Gasteiger partial charge in [0.15, 0.2) is 11.9 Å². The maximum absolute atomic E-state index is 13.3. The number of furan rings is 1. The van der Waals surface area contributed by atoms with Crippen LogP contribution in [0.3, 0.4) is 0 Å². The summed E-state index contributed by atoms with van der Waals surface area (Å²) in [6, 6.07) is 10.2. The van der Waals surface area contributed by atoms with E-state index in [0.29, 0.717) is 18.4 Å². The molecule has 0 radical (unpaired) electrons. The molecule has 2 fully saturated rings. The molecule has 5 rings (SSSR count). The van der Waals surface area contributed by atoms with Gasteiger partial charge >= 0.3 is 11.9 Å². The third-order valence-corrected chi connectivity index (χ3v) is 8.03. The highest BCUT2D eigenvalue weighted by Gasteiger charge is 2.73. The largest absolute Gasteiger partial charge is 0.472 e. The summed E-state index contributed by atoms with van der Waals surface area (Å²) in [5, 5.41) is 0. The van der Waals surface area contributed by atoms with Crippen molar-refractivity contribution in [2.75, 3.05) is 0 Å². The molecular formula is C27H28O7. The van der Waals surface area contributed by atoms with Crippen LogP contribution < -0.4 is 0 Å². The molecule has 34 heavy (non-hydrogen) atoms. The molecule has 1 aromatic heterocycles. The molecule has 2 aliphatic carbocycles. The van der Waals surface area contributed by atoms with Crippen LogP contribution in [0.2, 0.25) is 0 Å². The predicted octanol–water partition coefficient (Wildman–Crippen LogP) is 4.52. The predicted molar refractivity (Wildman–Crippen MR) is 121 cm³/mol. The Balaban J connectivity index is 1.59. The van der Waals surface area contributed by atoms with Gasteiger partial charge in [0.25, 0.3) is 0 Å². The van der Waals surface area contributed by atoms with Crippen molar-refractivity contribution < 1.29 is 33.0 Å². The first kappa shape index (κ1) is 22.6. The number of esters is 2. The number of hydrogen-bond donors (Lipinski definition) is 0. The van der Waals surface area contributed by atoms with Crippen molar-refractivity contribution in [1.82, 2.24) is 0 Å². The lowest BCUT2D eigenvalue weighted by Gasteiger charge is -2.56. The van der Waals surface area contributed by atoms with Crippen molar-refractivity contribution in [3.8, 4) is 0 Å². The van der Waals surface area contributed by atoms with Crippen LogP contribution in [0.1, 0.15) is 61.3 Å². The maximum Gasteiger partial charge on any atom is 0.342 e. The van der Waals surface area contributed by atoms with E-state index in [4.69, 9.17) is 18.6 Å². The molecule has 1 saturated carbocycles. The molecule has 0 amide bonds. The average molecular weight is 465 g/mol. The molecule has 1 aromatic carbocycles. The number of ether oxygens (including phenoxy) is 3. The van der Waals surface area contributed by atoms with Crippen LogP contribution in [0.25, 0.3) is 0 Å². The standard InChI is InChI=1S/C27H28O7/c1-16-12-20(28)22(33-24(30)18-10-11-31-15-18)26(4)21(32-23(29)17-8-6-5-7-9-17)13-19-14-27(16,26)34-25(19,2)3/h5-12,15,19,21-22H,13-14H2,1-4H3/t19-,21+,22+,26-,27+/m1/s1. The van der Waals surface area contributed by atoms with Crippen LogP contribution in [0.15, 0.2) is 65.0 Å². The van der Waals surface area contributed by atoms with Crippen molar-refractivity contribution in [3.63, 3.8) is 0 Å². The third kappa shape index (κ3) is 3.17. The quantitative estimate of drug-likeness (QED) is 0.614. The number of carbonyl (C=O) groups excluding carboxylic acids is 3. The number of ketones is 1.